The Bertz CT molecular complexity index is 165. The molecule has 0 heterocycles. The molecule has 2 heteroatoms. The molecule has 0 fully saturated rings. The molecular formula is C11H22O2. The minimum atomic E-state index is -0.643. The van der Waals surface area contributed by atoms with Crippen LogP contribution in [-0.2, 0) is 4.79 Å². The van der Waals surface area contributed by atoms with Gasteiger partial charge in [-0.25, -0.2) is 0 Å². The summed E-state index contributed by atoms with van der Waals surface area (Å²) in [5, 5.41) is 9.16. The van der Waals surface area contributed by atoms with Gasteiger partial charge in [0.2, 0.25) is 0 Å². The molecule has 0 aliphatic heterocycles. The highest BCUT2D eigenvalue weighted by molar-refractivity contribution is 5.74. The fourth-order valence-corrected chi connectivity index (χ4v) is 1.94. The van der Waals surface area contributed by atoms with Gasteiger partial charge in [0.05, 0.1) is 5.41 Å². The third-order valence-corrected chi connectivity index (χ3v) is 3.25. The van der Waals surface area contributed by atoms with Crippen LogP contribution in [0.4, 0.5) is 0 Å². The summed E-state index contributed by atoms with van der Waals surface area (Å²) >= 11 is 0. The second-order valence-electron chi connectivity index (χ2n) is 3.97. The van der Waals surface area contributed by atoms with Crippen LogP contribution >= 0.6 is 0 Å². The molecule has 0 saturated carbocycles. The summed E-state index contributed by atoms with van der Waals surface area (Å²) in [5.41, 5.74) is -0.523. The zero-order chi connectivity index (χ0) is 10.5. The van der Waals surface area contributed by atoms with Gasteiger partial charge in [-0.1, -0.05) is 33.6 Å². The fourth-order valence-electron chi connectivity index (χ4n) is 1.94. The Morgan fingerprint density at radius 1 is 1.38 bits per heavy atom. The van der Waals surface area contributed by atoms with E-state index < -0.39 is 11.4 Å². The average molecular weight is 186 g/mol. The van der Waals surface area contributed by atoms with Crippen LogP contribution < -0.4 is 0 Å². The van der Waals surface area contributed by atoms with E-state index in [1.807, 2.05) is 13.8 Å². The Balaban J connectivity index is 4.58. The number of aliphatic carboxylic acids is 1. The number of carboxylic acids is 1. The first-order chi connectivity index (χ1) is 6.02. The van der Waals surface area contributed by atoms with Crippen LogP contribution in [0.5, 0.6) is 0 Å². The van der Waals surface area contributed by atoms with Gasteiger partial charge in [0.25, 0.3) is 0 Å². The Morgan fingerprint density at radius 2 is 1.92 bits per heavy atom. The van der Waals surface area contributed by atoms with E-state index in [1.165, 1.54) is 0 Å². The Labute approximate surface area is 81.3 Å². The summed E-state index contributed by atoms with van der Waals surface area (Å²) in [6, 6.07) is 0. The first-order valence-electron chi connectivity index (χ1n) is 5.26. The van der Waals surface area contributed by atoms with Crippen LogP contribution in [-0.4, -0.2) is 11.1 Å². The molecule has 0 spiro atoms. The Kier molecular flexibility index (Phi) is 5.04. The number of rotatable bonds is 6. The topological polar surface area (TPSA) is 37.3 Å². The van der Waals surface area contributed by atoms with Crippen molar-refractivity contribution in [2.75, 3.05) is 0 Å². The number of carbonyl (C=O) groups is 1. The smallest absolute Gasteiger partial charge is 0.309 e. The molecule has 0 aliphatic rings. The quantitative estimate of drug-likeness (QED) is 0.691. The molecule has 0 aromatic heterocycles. The van der Waals surface area contributed by atoms with Crippen molar-refractivity contribution in [3.63, 3.8) is 0 Å². The van der Waals surface area contributed by atoms with Gasteiger partial charge < -0.3 is 5.11 Å². The molecule has 0 aliphatic carbocycles. The zero-order valence-corrected chi connectivity index (χ0v) is 9.26. The van der Waals surface area contributed by atoms with E-state index in [1.54, 1.807) is 0 Å². The van der Waals surface area contributed by atoms with Crippen molar-refractivity contribution in [1.29, 1.82) is 0 Å². The number of carboxylic acid groups (broad SMARTS) is 1. The van der Waals surface area contributed by atoms with E-state index in [4.69, 9.17) is 5.11 Å². The normalized spacial score (nSPS) is 17.8. The molecule has 0 saturated heterocycles. The van der Waals surface area contributed by atoms with Gasteiger partial charge in [0.1, 0.15) is 0 Å². The minimum Gasteiger partial charge on any atom is -0.481 e. The van der Waals surface area contributed by atoms with Crippen molar-refractivity contribution in [2.45, 2.75) is 53.4 Å². The molecule has 0 radical (unpaired) electrons. The van der Waals surface area contributed by atoms with Gasteiger partial charge in [-0.05, 0) is 25.7 Å². The maximum atomic E-state index is 11.1. The van der Waals surface area contributed by atoms with Gasteiger partial charge in [-0.15, -0.1) is 0 Å². The molecule has 13 heavy (non-hydrogen) atoms. The SMILES string of the molecule is CCCC(CC)C(C)(CC)C(=O)O. The largest absolute Gasteiger partial charge is 0.481 e. The molecule has 2 atom stereocenters. The summed E-state index contributed by atoms with van der Waals surface area (Å²) in [6.45, 7) is 8.03. The van der Waals surface area contributed by atoms with Crippen molar-refractivity contribution in [1.82, 2.24) is 0 Å². The highest BCUT2D eigenvalue weighted by atomic mass is 16.4. The molecule has 0 aromatic carbocycles. The summed E-state index contributed by atoms with van der Waals surface area (Å²) in [5.74, 6) is -0.324. The van der Waals surface area contributed by atoms with Gasteiger partial charge in [-0.3, -0.25) is 4.79 Å². The predicted octanol–water partition coefficient (Wildman–Crippen LogP) is 3.31. The maximum absolute atomic E-state index is 11.1. The lowest BCUT2D eigenvalue weighted by Crippen LogP contribution is -2.35. The van der Waals surface area contributed by atoms with Crippen LogP contribution in [0, 0.1) is 11.3 Å². The molecule has 78 valence electrons. The lowest BCUT2D eigenvalue weighted by Gasteiger charge is -2.32. The number of hydrogen-bond donors (Lipinski definition) is 1. The molecule has 2 nitrogen and oxygen atoms in total. The van der Waals surface area contributed by atoms with Gasteiger partial charge >= 0.3 is 5.97 Å². The van der Waals surface area contributed by atoms with E-state index in [-0.39, 0.29) is 0 Å². The third kappa shape index (κ3) is 2.71. The average Bonchev–Trinajstić information content (AvgIpc) is 2.12. The first-order valence-corrected chi connectivity index (χ1v) is 5.26. The lowest BCUT2D eigenvalue weighted by molar-refractivity contribution is -0.152. The highest BCUT2D eigenvalue weighted by Crippen LogP contribution is 2.36. The van der Waals surface area contributed by atoms with Crippen molar-refractivity contribution < 1.29 is 9.90 Å². The maximum Gasteiger partial charge on any atom is 0.309 e. The molecule has 0 rings (SSSR count). The zero-order valence-electron chi connectivity index (χ0n) is 9.26. The summed E-state index contributed by atoms with van der Waals surface area (Å²) < 4.78 is 0. The molecule has 2 unspecified atom stereocenters. The van der Waals surface area contributed by atoms with E-state index in [0.29, 0.717) is 5.92 Å². The van der Waals surface area contributed by atoms with Crippen LogP contribution in [0.15, 0.2) is 0 Å². The van der Waals surface area contributed by atoms with Crippen LogP contribution in [0.3, 0.4) is 0 Å². The standard InChI is InChI=1S/C11H22O2/c1-5-8-9(6-2)11(4,7-3)10(12)13/h9H,5-8H2,1-4H3,(H,12,13). The Hall–Kier alpha value is -0.530. The molecule has 0 amide bonds. The third-order valence-electron chi connectivity index (χ3n) is 3.25. The summed E-state index contributed by atoms with van der Waals surface area (Å²) in [6.07, 6.45) is 3.78. The van der Waals surface area contributed by atoms with Crippen molar-refractivity contribution >= 4 is 5.97 Å². The fraction of sp³-hybridized carbons (Fsp3) is 0.909. The van der Waals surface area contributed by atoms with Crippen molar-refractivity contribution in [2.24, 2.45) is 11.3 Å². The second-order valence-corrected chi connectivity index (χ2v) is 3.97. The molecule has 0 bridgehead atoms. The van der Waals surface area contributed by atoms with E-state index >= 15 is 0 Å². The van der Waals surface area contributed by atoms with Crippen LogP contribution in [0.25, 0.3) is 0 Å². The molecule has 1 N–H and O–H groups in total. The van der Waals surface area contributed by atoms with Gasteiger partial charge in [0.15, 0.2) is 0 Å². The van der Waals surface area contributed by atoms with Crippen molar-refractivity contribution in [3.8, 4) is 0 Å². The van der Waals surface area contributed by atoms with Crippen molar-refractivity contribution in [3.05, 3.63) is 0 Å². The molecule has 0 aromatic rings. The first kappa shape index (κ1) is 12.5. The minimum absolute atomic E-state index is 0.319. The lowest BCUT2D eigenvalue weighted by atomic mass is 9.72. The number of hydrogen-bond acceptors (Lipinski definition) is 1. The predicted molar refractivity (Wildman–Crippen MR) is 54.7 cm³/mol. The Morgan fingerprint density at radius 3 is 2.15 bits per heavy atom. The summed E-state index contributed by atoms with van der Waals surface area (Å²) in [7, 11) is 0. The highest BCUT2D eigenvalue weighted by Gasteiger charge is 2.37. The monoisotopic (exact) mass is 186 g/mol. The molecular weight excluding hydrogens is 164 g/mol. The van der Waals surface area contributed by atoms with E-state index in [0.717, 1.165) is 25.7 Å². The van der Waals surface area contributed by atoms with Crippen LogP contribution in [0.2, 0.25) is 0 Å². The van der Waals surface area contributed by atoms with Gasteiger partial charge in [0, 0.05) is 0 Å². The van der Waals surface area contributed by atoms with E-state index in [2.05, 4.69) is 13.8 Å². The van der Waals surface area contributed by atoms with E-state index in [9.17, 15) is 4.79 Å². The second kappa shape index (κ2) is 5.25. The van der Waals surface area contributed by atoms with Crippen LogP contribution in [0.1, 0.15) is 53.4 Å². The van der Waals surface area contributed by atoms with Gasteiger partial charge in [-0.2, -0.15) is 0 Å². The summed E-state index contributed by atoms with van der Waals surface area (Å²) in [4.78, 5) is 11.1.